The average Bonchev–Trinajstić information content (AvgIpc) is 2.71. The molecule has 0 bridgehead atoms. The van der Waals surface area contributed by atoms with Crippen molar-refractivity contribution in [2.45, 2.75) is 19.6 Å². The summed E-state index contributed by atoms with van der Waals surface area (Å²) >= 11 is 5.95. The summed E-state index contributed by atoms with van der Waals surface area (Å²) < 4.78 is 14.8. The zero-order valence-electron chi connectivity index (χ0n) is 9.40. The molecule has 0 aliphatic carbocycles. The number of aliphatic hydroxyl groups is 1. The lowest BCUT2D eigenvalue weighted by Gasteiger charge is -2.06. The minimum atomic E-state index is -0.486. The molecule has 0 spiro atoms. The fourth-order valence-corrected chi connectivity index (χ4v) is 1.88. The van der Waals surface area contributed by atoms with Gasteiger partial charge in [-0.25, -0.2) is 4.39 Å². The van der Waals surface area contributed by atoms with E-state index in [2.05, 4.69) is 0 Å². The van der Waals surface area contributed by atoms with Crippen LogP contribution in [0.2, 0.25) is 5.02 Å². The molecule has 1 atom stereocenters. The molecule has 2 nitrogen and oxygen atoms in total. The third-order valence-corrected chi connectivity index (χ3v) is 2.98. The Bertz CT molecular complexity index is 522. The van der Waals surface area contributed by atoms with Crippen molar-refractivity contribution in [3.05, 3.63) is 58.6 Å². The van der Waals surface area contributed by atoms with E-state index in [-0.39, 0.29) is 5.82 Å². The van der Waals surface area contributed by atoms with Crippen molar-refractivity contribution in [3.63, 3.8) is 0 Å². The summed E-state index contributed by atoms with van der Waals surface area (Å²) in [5.74, 6) is -0.337. The minimum Gasteiger partial charge on any atom is -0.389 e. The maximum atomic E-state index is 12.9. The standard InChI is InChI=1S/C13H13ClFNO/c1-9(17)10-4-5-16(7-10)8-11-2-3-12(15)6-13(11)14/h2-7,9,17H,8H2,1H3. The molecule has 0 fully saturated rings. The van der Waals surface area contributed by atoms with Gasteiger partial charge < -0.3 is 9.67 Å². The molecular weight excluding hydrogens is 241 g/mol. The molecule has 1 aromatic carbocycles. The van der Waals surface area contributed by atoms with Crippen molar-refractivity contribution in [2.24, 2.45) is 0 Å². The van der Waals surface area contributed by atoms with E-state index in [1.54, 1.807) is 13.0 Å². The molecule has 1 unspecified atom stereocenters. The van der Waals surface area contributed by atoms with E-state index in [9.17, 15) is 9.50 Å². The summed E-state index contributed by atoms with van der Waals surface area (Å²) in [4.78, 5) is 0. The highest BCUT2D eigenvalue weighted by Crippen LogP contribution is 2.19. The number of nitrogens with zero attached hydrogens (tertiary/aromatic N) is 1. The smallest absolute Gasteiger partial charge is 0.124 e. The summed E-state index contributed by atoms with van der Waals surface area (Å²) in [5.41, 5.74) is 1.70. The Morgan fingerprint density at radius 3 is 2.76 bits per heavy atom. The first-order chi connectivity index (χ1) is 8.06. The molecule has 0 saturated heterocycles. The van der Waals surface area contributed by atoms with Gasteiger partial charge in [-0.15, -0.1) is 0 Å². The summed E-state index contributed by atoms with van der Waals surface area (Å²) in [6.45, 7) is 2.27. The highest BCUT2D eigenvalue weighted by atomic mass is 35.5. The Labute approximate surface area is 104 Å². The van der Waals surface area contributed by atoms with E-state index >= 15 is 0 Å². The van der Waals surface area contributed by atoms with Gasteiger partial charge in [0.25, 0.3) is 0 Å². The van der Waals surface area contributed by atoms with E-state index in [1.165, 1.54) is 12.1 Å². The molecule has 0 amide bonds. The summed E-state index contributed by atoms with van der Waals surface area (Å²) in [5, 5.41) is 9.82. The quantitative estimate of drug-likeness (QED) is 0.891. The molecule has 1 aromatic heterocycles. The Morgan fingerprint density at radius 2 is 2.18 bits per heavy atom. The van der Waals surface area contributed by atoms with Gasteiger partial charge in [0.15, 0.2) is 0 Å². The lowest BCUT2D eigenvalue weighted by atomic mass is 10.2. The van der Waals surface area contributed by atoms with Gasteiger partial charge in [0.2, 0.25) is 0 Å². The van der Waals surface area contributed by atoms with Crippen molar-refractivity contribution in [1.82, 2.24) is 4.57 Å². The fraction of sp³-hybridized carbons (Fsp3) is 0.231. The second-order valence-corrected chi connectivity index (χ2v) is 4.44. The maximum absolute atomic E-state index is 12.9. The molecule has 0 radical (unpaired) electrons. The number of hydrogen-bond acceptors (Lipinski definition) is 1. The molecule has 2 rings (SSSR count). The first-order valence-corrected chi connectivity index (χ1v) is 5.72. The van der Waals surface area contributed by atoms with Crippen LogP contribution in [-0.4, -0.2) is 9.67 Å². The molecule has 0 aliphatic heterocycles. The van der Waals surface area contributed by atoms with Crippen LogP contribution in [0, 0.1) is 5.82 Å². The maximum Gasteiger partial charge on any atom is 0.124 e. The van der Waals surface area contributed by atoms with Gasteiger partial charge in [-0.2, -0.15) is 0 Å². The van der Waals surface area contributed by atoms with Crippen LogP contribution < -0.4 is 0 Å². The van der Waals surface area contributed by atoms with Crippen molar-refractivity contribution in [3.8, 4) is 0 Å². The predicted octanol–water partition coefficient (Wildman–Crippen LogP) is 3.38. The Morgan fingerprint density at radius 1 is 1.41 bits per heavy atom. The number of benzene rings is 1. The zero-order chi connectivity index (χ0) is 12.4. The van der Waals surface area contributed by atoms with Gasteiger partial charge in [-0.1, -0.05) is 17.7 Å². The van der Waals surface area contributed by atoms with Crippen molar-refractivity contribution in [2.75, 3.05) is 0 Å². The molecule has 0 aliphatic rings. The molecule has 2 aromatic rings. The first kappa shape index (κ1) is 12.1. The van der Waals surface area contributed by atoms with Crippen LogP contribution in [-0.2, 0) is 6.54 Å². The second-order valence-electron chi connectivity index (χ2n) is 4.03. The largest absolute Gasteiger partial charge is 0.389 e. The number of aromatic nitrogens is 1. The molecule has 90 valence electrons. The molecule has 17 heavy (non-hydrogen) atoms. The number of halogens is 2. The molecule has 1 heterocycles. The lowest BCUT2D eigenvalue weighted by molar-refractivity contribution is 0.199. The van der Waals surface area contributed by atoms with Gasteiger partial charge in [-0.05, 0) is 36.2 Å². The third-order valence-electron chi connectivity index (χ3n) is 2.62. The first-order valence-electron chi connectivity index (χ1n) is 5.34. The molecular formula is C13H13ClFNO. The van der Waals surface area contributed by atoms with Crippen LogP contribution in [0.4, 0.5) is 4.39 Å². The highest BCUT2D eigenvalue weighted by molar-refractivity contribution is 6.31. The Kier molecular flexibility index (Phi) is 3.50. The van der Waals surface area contributed by atoms with Gasteiger partial charge in [0, 0.05) is 24.0 Å². The van der Waals surface area contributed by atoms with Gasteiger partial charge in [-0.3, -0.25) is 0 Å². The van der Waals surface area contributed by atoms with Crippen LogP contribution in [0.1, 0.15) is 24.2 Å². The molecule has 1 N–H and O–H groups in total. The summed E-state index contributed by atoms with van der Waals surface area (Å²) in [6.07, 6.45) is 3.23. The van der Waals surface area contributed by atoms with Crippen molar-refractivity contribution in [1.29, 1.82) is 0 Å². The topological polar surface area (TPSA) is 25.2 Å². The minimum absolute atomic E-state index is 0.337. The van der Waals surface area contributed by atoms with Crippen molar-refractivity contribution < 1.29 is 9.50 Å². The zero-order valence-corrected chi connectivity index (χ0v) is 10.2. The lowest BCUT2D eigenvalue weighted by Crippen LogP contribution is -1.98. The van der Waals surface area contributed by atoms with Gasteiger partial charge >= 0.3 is 0 Å². The average molecular weight is 254 g/mol. The van der Waals surface area contributed by atoms with Gasteiger partial charge in [0.1, 0.15) is 5.82 Å². The number of rotatable bonds is 3. The summed E-state index contributed by atoms with van der Waals surface area (Å²) in [6, 6.07) is 6.21. The van der Waals surface area contributed by atoms with Crippen LogP contribution in [0.5, 0.6) is 0 Å². The monoisotopic (exact) mass is 253 g/mol. The van der Waals surface area contributed by atoms with E-state index in [1.807, 2.05) is 23.0 Å². The van der Waals surface area contributed by atoms with Gasteiger partial charge in [0.05, 0.1) is 6.10 Å². The predicted molar refractivity (Wildman–Crippen MR) is 65.6 cm³/mol. The SMILES string of the molecule is CC(O)c1ccn(Cc2ccc(F)cc2Cl)c1. The molecule has 0 saturated carbocycles. The van der Waals surface area contributed by atoms with Crippen LogP contribution >= 0.6 is 11.6 Å². The van der Waals surface area contributed by atoms with E-state index in [0.29, 0.717) is 11.6 Å². The van der Waals surface area contributed by atoms with Crippen LogP contribution in [0.3, 0.4) is 0 Å². The third kappa shape index (κ3) is 2.87. The Balaban J connectivity index is 2.19. The van der Waals surface area contributed by atoms with E-state index in [0.717, 1.165) is 11.1 Å². The van der Waals surface area contributed by atoms with Crippen LogP contribution in [0.15, 0.2) is 36.7 Å². The molecule has 4 heteroatoms. The van der Waals surface area contributed by atoms with Crippen LogP contribution in [0.25, 0.3) is 0 Å². The van der Waals surface area contributed by atoms with Crippen molar-refractivity contribution >= 4 is 11.6 Å². The summed E-state index contributed by atoms with van der Waals surface area (Å²) in [7, 11) is 0. The number of aliphatic hydroxyl groups excluding tert-OH is 1. The highest BCUT2D eigenvalue weighted by Gasteiger charge is 2.05. The second kappa shape index (κ2) is 4.90. The normalized spacial score (nSPS) is 12.7. The van der Waals surface area contributed by atoms with E-state index in [4.69, 9.17) is 11.6 Å². The number of hydrogen-bond donors (Lipinski definition) is 1. The fourth-order valence-electron chi connectivity index (χ4n) is 1.65. The van der Waals surface area contributed by atoms with E-state index < -0.39 is 6.10 Å². The Hall–Kier alpha value is -1.32.